The number of rotatable bonds is 30. The van der Waals surface area contributed by atoms with E-state index in [0.717, 1.165) is 94.1 Å². The summed E-state index contributed by atoms with van der Waals surface area (Å²) in [7, 11) is -21.3. The van der Waals surface area contributed by atoms with Gasteiger partial charge in [-0.15, -0.1) is 11.8 Å². The fourth-order valence-corrected chi connectivity index (χ4v) is 49.1. The maximum Gasteiger partial charge on any atom is 1.00 e. The minimum atomic E-state index is -4.08. The van der Waals surface area contributed by atoms with Crippen molar-refractivity contribution in [2.75, 3.05) is 34.5 Å². The van der Waals surface area contributed by atoms with Gasteiger partial charge < -0.3 is 1.43 Å². The molecule has 0 aliphatic heterocycles. The van der Waals surface area contributed by atoms with Gasteiger partial charge >= 0.3 is 18.9 Å². The first kappa shape index (κ1) is 125. The summed E-state index contributed by atoms with van der Waals surface area (Å²) in [6.07, 6.45) is 14.8. The van der Waals surface area contributed by atoms with Crippen LogP contribution in [0.25, 0.3) is 0 Å². The summed E-state index contributed by atoms with van der Waals surface area (Å²) >= 11 is 16.8. The zero-order valence-electron chi connectivity index (χ0n) is 88.7. The molecule has 1 aromatic rings. The van der Waals surface area contributed by atoms with Crippen LogP contribution in [0.2, 0.25) is 0 Å². The summed E-state index contributed by atoms with van der Waals surface area (Å²) in [5.41, 5.74) is -3.34. The smallest absolute Gasteiger partial charge is 1.00 e. The molecule has 1 N–H and O–H groups in total. The molecule has 23 nitrogen and oxygen atoms in total. The predicted molar refractivity (Wildman–Crippen MR) is 568 cm³/mol. The molecule has 776 valence electrons. The monoisotopic (exact) mass is 2100 g/mol. The van der Waals surface area contributed by atoms with Gasteiger partial charge in [-0.25, -0.2) is 42.1 Å². The molecule has 13 rings (SSSR count). The standard InChI is InChI=1S/C24H36N2O2S2.2C17H30N2O2S2.C16H29NO3S.C16H29NO2S2.C10H16O4S.CH4.Al.Li.4H/c1-18(2)26(19(3)4)30(27,28)17-23-13-12-21(22(23,5)6)14-24(23,16-25)29-15-20-10-8-7-9-11-20;2*1-12(2)19(13(3)4)23(20,21)11-16-8-7-14(15(16,5)6)9-17(16,22)10-18;1-11(2)17(12(3)4)21(19,20)10-16-8-7-13(9-14(16)18)15(16,5)6;1-11(2)17(12(3)4)21(18,19)10-16-8-7-13(9-14(16)20)15(16,5)6;1-9(2)7-3-4-10(9,8(11)5-7)6-15(12,13)14;;;;;;;/h7-11,18-19,21H,12-15,17H2,1-6H3;2*12-14,22H,7-9,11H2,1-6H3;2*11-13H,7-10H2,1-6H3;7H,3-6H2,1-2H3,(H,12,13,14);1H4;;;;;;/q;;;;;;;;+1;;;;-1/t21?,23?,24-;14?,16?,17-;;;;;;;;;;;/m10.........../s1. The van der Waals surface area contributed by atoms with E-state index in [0.29, 0.717) is 61.7 Å². The number of sulfonamides is 5. The van der Waals surface area contributed by atoms with Crippen LogP contribution in [0.5, 0.6) is 0 Å². The second kappa shape index (κ2) is 43.1. The van der Waals surface area contributed by atoms with Crippen LogP contribution in [0.4, 0.5) is 0 Å². The van der Waals surface area contributed by atoms with E-state index in [1.807, 2.05) is 171 Å². The Hall–Kier alpha value is -1.24. The van der Waals surface area contributed by atoms with Crippen LogP contribution in [0.15, 0.2) is 30.3 Å². The first-order chi connectivity index (χ1) is 60.2. The number of carbonyl (C=O) groups excluding carboxylic acids is 2. The van der Waals surface area contributed by atoms with E-state index >= 15 is 0 Å². The molecule has 13 unspecified atom stereocenters. The molecule has 12 aliphatic carbocycles. The van der Waals surface area contributed by atoms with Crippen LogP contribution >= 0.6 is 49.2 Å². The number of nitrogens with zero attached hydrogens (tertiary/aromatic N) is 8. The Labute approximate surface area is 871 Å². The summed E-state index contributed by atoms with van der Waals surface area (Å²) in [4.78, 5) is 25.4. The zero-order chi connectivity index (χ0) is 102. The molecule has 0 aromatic heterocycles. The van der Waals surface area contributed by atoms with Crippen molar-refractivity contribution in [2.45, 2.75) is 425 Å². The van der Waals surface area contributed by atoms with Crippen LogP contribution in [0.3, 0.4) is 0 Å². The van der Waals surface area contributed by atoms with E-state index < -0.39 is 107 Å². The molecule has 0 amide bonds. The van der Waals surface area contributed by atoms with Crippen molar-refractivity contribution in [2.24, 2.45) is 100 Å². The second-order valence-corrected chi connectivity index (χ2v) is 62.6. The van der Waals surface area contributed by atoms with Gasteiger partial charge in [0.1, 0.15) is 25.8 Å². The summed E-state index contributed by atoms with van der Waals surface area (Å²) in [5.74, 6) is 3.15. The maximum absolute atomic E-state index is 13.7. The van der Waals surface area contributed by atoms with Crippen molar-refractivity contribution in [1.29, 1.82) is 15.8 Å². The SMILES string of the molecule is C.CC(C)N(C(C)C)S(=O)(=O)CC12CCC(CC1(S)C#N)C2(C)C.CC(C)N(C(C)C)S(=O)(=O)CC12CCC(CC1=O)C2(C)C.CC(C)N(C(C)C)S(=O)(=O)CC12CCC(CC1=S)C2(C)C.CC(C)N(C(C)C)S(=O)(=O)CC12CCC(C[C@]1(C#N)SCc1ccccc1)C2(C)C.CC(C)N(C(C)C)S(=O)(=O)CC12CCC(C[C@]1(S)C#N)C2(C)C.CC1(C)C2CCC1(CS(=O)(=O)O)C(=O)C2.[AlH3].[H-].[Li+]. The Morgan fingerprint density at radius 3 is 0.875 bits per heavy atom. The largest absolute Gasteiger partial charge is 1.00 e. The first-order valence-electron chi connectivity index (χ1n) is 49.2. The van der Waals surface area contributed by atoms with E-state index in [-0.39, 0.29) is 190 Å². The Kier molecular flexibility index (Phi) is 39.7. The van der Waals surface area contributed by atoms with Gasteiger partial charge in [0, 0.05) is 111 Å². The normalized spacial score (nSPS) is 33.0. The molecule has 136 heavy (non-hydrogen) atoms. The fourth-order valence-electron chi connectivity index (χ4n) is 29.8. The molecule has 15 atom stereocenters. The maximum atomic E-state index is 13.7. The molecule has 0 heterocycles. The minimum Gasteiger partial charge on any atom is -1.00 e. The molecular weight excluding hydrogens is 1920 g/mol. The van der Waals surface area contributed by atoms with Crippen molar-refractivity contribution < 1.29 is 84.9 Å². The molecule has 12 bridgehead atoms. The minimum absolute atomic E-state index is 0. The molecule has 0 radical (unpaired) electrons. The van der Waals surface area contributed by atoms with Gasteiger partial charge in [0.2, 0.25) is 50.1 Å². The number of thiocarbonyl (C=S) groups is 1. The van der Waals surface area contributed by atoms with Gasteiger partial charge in [0.15, 0.2) is 17.4 Å². The Balaban J connectivity index is 0.000000345. The average Bonchev–Trinajstić information content (AvgIpc) is 1.51. The van der Waals surface area contributed by atoms with Crippen molar-refractivity contribution in [3.8, 4) is 18.2 Å². The number of thiol groups is 2. The van der Waals surface area contributed by atoms with E-state index in [9.17, 15) is 75.9 Å². The van der Waals surface area contributed by atoms with Crippen LogP contribution in [0, 0.1) is 134 Å². The zero-order valence-corrected chi connectivity index (χ0v) is 96.0. The molecule has 12 aliphatic rings. The van der Waals surface area contributed by atoms with Crippen molar-refractivity contribution >= 4 is 143 Å². The number of fused-ring (bicyclic) bond motifs is 12. The molecule has 12 fully saturated rings. The number of nitriles is 3. The van der Waals surface area contributed by atoms with Gasteiger partial charge in [0.05, 0.1) is 58.1 Å². The van der Waals surface area contributed by atoms with Gasteiger partial charge in [-0.2, -0.15) is 71.0 Å². The molecule has 0 saturated heterocycles. The molecular formula is C101H178AlLiN8O15S10. The predicted octanol–water partition coefficient (Wildman–Crippen LogP) is 16.7. The summed E-state index contributed by atoms with van der Waals surface area (Å²) in [5, 5.41) is 30.0. The Morgan fingerprint density at radius 2 is 0.632 bits per heavy atom. The summed E-state index contributed by atoms with van der Waals surface area (Å²) in [6, 6.07) is 16.9. The molecule has 1 aromatic carbocycles. The van der Waals surface area contributed by atoms with E-state index in [4.69, 9.17) is 42.0 Å². The summed E-state index contributed by atoms with van der Waals surface area (Å²) in [6.45, 7) is 63.8. The molecule has 12 saturated carbocycles. The summed E-state index contributed by atoms with van der Waals surface area (Å²) < 4.78 is 169. The quantitative estimate of drug-likeness (QED) is 0.0279. The van der Waals surface area contributed by atoms with E-state index in [2.05, 4.69) is 99.6 Å². The van der Waals surface area contributed by atoms with Crippen molar-refractivity contribution in [1.82, 2.24) is 21.5 Å². The third-order valence-electron chi connectivity index (χ3n) is 37.1. The van der Waals surface area contributed by atoms with Gasteiger partial charge in [-0.3, -0.25) is 14.1 Å². The Bertz CT molecular complexity index is 5070. The van der Waals surface area contributed by atoms with Crippen molar-refractivity contribution in [3.63, 3.8) is 0 Å². The van der Waals surface area contributed by atoms with Crippen LogP contribution in [-0.2, 0) is 75.6 Å². The number of hydrogen-bond donors (Lipinski definition) is 3. The number of thioether (sulfide) groups is 1. The topological polar surface area (TPSA) is 347 Å². The fraction of sp³-hybridized carbons (Fsp3) is 0.881. The number of carbonyl (C=O) groups is 2. The first-order valence-corrected chi connectivity index (χ1v) is 61.1. The van der Waals surface area contributed by atoms with E-state index in [1.165, 1.54) is 5.56 Å². The van der Waals surface area contributed by atoms with Crippen molar-refractivity contribution in [3.05, 3.63) is 35.9 Å². The van der Waals surface area contributed by atoms with Crippen LogP contribution in [-0.4, -0.2) is 220 Å². The third-order valence-corrected chi connectivity index (χ3v) is 53.2. The average molecular weight is 2100 g/mol. The van der Waals surface area contributed by atoms with Crippen LogP contribution < -0.4 is 18.9 Å². The third kappa shape index (κ3) is 21.7. The Morgan fingerprint density at radius 1 is 0.382 bits per heavy atom. The number of hydrogen-bond acceptors (Lipinski definition) is 21. The number of benzene rings is 1. The number of ketones is 2. The number of Topliss-reactive ketones (excluding diaryl/α,β-unsaturated/α-hetero) is 2. The van der Waals surface area contributed by atoms with Gasteiger partial charge in [-0.1, -0.05) is 133 Å². The van der Waals surface area contributed by atoms with Crippen LogP contribution in [0.1, 0.15) is 352 Å². The van der Waals surface area contributed by atoms with Gasteiger partial charge in [0.25, 0.3) is 10.1 Å². The van der Waals surface area contributed by atoms with Gasteiger partial charge in [-0.05, 0) is 315 Å². The van der Waals surface area contributed by atoms with E-state index in [1.54, 1.807) is 33.3 Å². The molecule has 0 spiro atoms. The second-order valence-electron chi connectivity index (χ2n) is 48.5. The molecule has 35 heteroatoms.